The van der Waals surface area contributed by atoms with Gasteiger partial charge in [0.05, 0.1) is 18.6 Å². The lowest BCUT2D eigenvalue weighted by molar-refractivity contribution is -0.136. The van der Waals surface area contributed by atoms with Gasteiger partial charge in [0.2, 0.25) is 0 Å². The average Bonchev–Trinajstić information content (AvgIpc) is 2.89. The zero-order chi connectivity index (χ0) is 17.8. The minimum atomic E-state index is -0.834. The zero-order valence-electron chi connectivity index (χ0n) is 14.8. The van der Waals surface area contributed by atoms with Crippen LogP contribution in [0, 0.1) is 23.7 Å². The first-order valence-electron chi connectivity index (χ1n) is 9.26. The number of carboxylic acids is 1. The standard InChI is InChI=1S/C20H32O4/c1-2-3-4-6-9-17(21)14-12-16-13-15-19(22)18(16)10-7-5-8-11-20(23)24/h12,14,16-19,21-22H,2-4,6,8-11,13,15H2,1H3,(H,23,24). The van der Waals surface area contributed by atoms with Gasteiger partial charge in [-0.25, -0.2) is 0 Å². The zero-order valence-corrected chi connectivity index (χ0v) is 14.8. The molecule has 136 valence electrons. The summed E-state index contributed by atoms with van der Waals surface area (Å²) in [7, 11) is 0. The van der Waals surface area contributed by atoms with E-state index in [2.05, 4.69) is 18.8 Å². The molecule has 4 unspecified atom stereocenters. The summed E-state index contributed by atoms with van der Waals surface area (Å²) < 4.78 is 0. The third-order valence-electron chi connectivity index (χ3n) is 4.70. The van der Waals surface area contributed by atoms with Crippen molar-refractivity contribution in [3.05, 3.63) is 12.2 Å². The van der Waals surface area contributed by atoms with Crippen molar-refractivity contribution in [2.75, 3.05) is 0 Å². The molecule has 0 aliphatic heterocycles. The number of allylic oxidation sites excluding steroid dienone is 1. The molecule has 24 heavy (non-hydrogen) atoms. The summed E-state index contributed by atoms with van der Waals surface area (Å²) in [6, 6.07) is 0. The maximum Gasteiger partial charge on any atom is 0.304 e. The van der Waals surface area contributed by atoms with Gasteiger partial charge < -0.3 is 15.3 Å². The van der Waals surface area contributed by atoms with E-state index in [4.69, 9.17) is 5.11 Å². The van der Waals surface area contributed by atoms with Crippen molar-refractivity contribution in [1.29, 1.82) is 0 Å². The molecule has 0 spiro atoms. The lowest BCUT2D eigenvalue weighted by Crippen LogP contribution is -2.18. The van der Waals surface area contributed by atoms with Gasteiger partial charge in [0.15, 0.2) is 0 Å². The number of aliphatic carboxylic acids is 1. The van der Waals surface area contributed by atoms with E-state index in [1.807, 2.05) is 12.2 Å². The Bertz CT molecular complexity index is 446. The molecule has 4 heteroatoms. The predicted molar refractivity (Wildman–Crippen MR) is 95.4 cm³/mol. The fourth-order valence-electron chi connectivity index (χ4n) is 3.20. The Morgan fingerprint density at radius 1 is 1.25 bits per heavy atom. The number of unbranched alkanes of at least 4 members (excludes halogenated alkanes) is 3. The van der Waals surface area contributed by atoms with Crippen LogP contribution >= 0.6 is 0 Å². The van der Waals surface area contributed by atoms with Crippen molar-refractivity contribution in [2.24, 2.45) is 11.8 Å². The molecule has 0 aromatic rings. The van der Waals surface area contributed by atoms with Gasteiger partial charge in [0.1, 0.15) is 0 Å². The van der Waals surface area contributed by atoms with Crippen molar-refractivity contribution in [1.82, 2.24) is 0 Å². The van der Waals surface area contributed by atoms with Gasteiger partial charge >= 0.3 is 5.97 Å². The molecule has 0 saturated heterocycles. The van der Waals surface area contributed by atoms with Crippen LogP contribution in [0.5, 0.6) is 0 Å². The molecule has 1 fully saturated rings. The highest BCUT2D eigenvalue weighted by atomic mass is 16.4. The number of aliphatic hydroxyl groups excluding tert-OH is 2. The highest BCUT2D eigenvalue weighted by Gasteiger charge is 2.32. The Kier molecular flexibility index (Phi) is 10.5. The van der Waals surface area contributed by atoms with Crippen molar-refractivity contribution in [3.63, 3.8) is 0 Å². The molecule has 4 nitrogen and oxygen atoms in total. The molecule has 0 amide bonds. The topological polar surface area (TPSA) is 77.8 Å². The summed E-state index contributed by atoms with van der Waals surface area (Å²) in [6.45, 7) is 2.17. The van der Waals surface area contributed by atoms with Gasteiger partial charge in [-0.05, 0) is 25.2 Å². The van der Waals surface area contributed by atoms with Crippen molar-refractivity contribution < 1.29 is 20.1 Å². The third kappa shape index (κ3) is 8.52. The summed E-state index contributed by atoms with van der Waals surface area (Å²) in [5.41, 5.74) is 0. The van der Waals surface area contributed by atoms with E-state index >= 15 is 0 Å². The minimum Gasteiger partial charge on any atom is -0.481 e. The summed E-state index contributed by atoms with van der Waals surface area (Å²) in [4.78, 5) is 10.4. The van der Waals surface area contributed by atoms with Crippen LogP contribution < -0.4 is 0 Å². The molecule has 1 aliphatic carbocycles. The summed E-state index contributed by atoms with van der Waals surface area (Å²) in [5, 5.41) is 28.7. The summed E-state index contributed by atoms with van der Waals surface area (Å²) >= 11 is 0. The Morgan fingerprint density at radius 3 is 2.75 bits per heavy atom. The Hall–Kier alpha value is -1.31. The Balaban J connectivity index is 2.39. The van der Waals surface area contributed by atoms with Crippen molar-refractivity contribution in [2.45, 2.75) is 83.3 Å². The van der Waals surface area contributed by atoms with E-state index in [0.717, 1.165) is 32.1 Å². The first kappa shape index (κ1) is 20.7. The van der Waals surface area contributed by atoms with Crippen molar-refractivity contribution in [3.8, 4) is 11.8 Å². The summed E-state index contributed by atoms with van der Waals surface area (Å²) in [6.07, 6.45) is 11.3. The van der Waals surface area contributed by atoms with E-state index in [1.54, 1.807) is 0 Å². The second kappa shape index (κ2) is 12.1. The third-order valence-corrected chi connectivity index (χ3v) is 4.70. The molecule has 4 atom stereocenters. The van der Waals surface area contributed by atoms with Crippen LogP contribution in [0.3, 0.4) is 0 Å². The molecule has 0 heterocycles. The maximum atomic E-state index is 10.4. The highest BCUT2D eigenvalue weighted by Crippen LogP contribution is 2.35. The van der Waals surface area contributed by atoms with Gasteiger partial charge in [0, 0.05) is 18.8 Å². The molecule has 0 radical (unpaired) electrons. The fourth-order valence-corrected chi connectivity index (χ4v) is 3.20. The Morgan fingerprint density at radius 2 is 2.04 bits per heavy atom. The number of hydrogen-bond acceptors (Lipinski definition) is 3. The number of hydrogen-bond donors (Lipinski definition) is 3. The molecule has 0 aromatic carbocycles. The van der Waals surface area contributed by atoms with Gasteiger partial charge in [-0.1, -0.05) is 44.8 Å². The Labute approximate surface area is 146 Å². The average molecular weight is 336 g/mol. The molecular formula is C20H32O4. The largest absolute Gasteiger partial charge is 0.481 e. The van der Waals surface area contributed by atoms with E-state index in [0.29, 0.717) is 12.8 Å². The number of aliphatic hydroxyl groups is 2. The minimum absolute atomic E-state index is 0.0633. The molecule has 1 aliphatic rings. The summed E-state index contributed by atoms with van der Waals surface area (Å²) in [5.74, 6) is 5.39. The fraction of sp³-hybridized carbons (Fsp3) is 0.750. The van der Waals surface area contributed by atoms with E-state index in [9.17, 15) is 15.0 Å². The molecule has 1 saturated carbocycles. The first-order chi connectivity index (χ1) is 11.5. The second-order valence-electron chi connectivity index (χ2n) is 6.73. The van der Waals surface area contributed by atoms with Gasteiger partial charge in [-0.3, -0.25) is 4.79 Å². The lowest BCUT2D eigenvalue weighted by atomic mass is 9.91. The quantitative estimate of drug-likeness (QED) is 0.324. The van der Waals surface area contributed by atoms with E-state index < -0.39 is 12.1 Å². The van der Waals surface area contributed by atoms with Crippen LogP contribution in [-0.4, -0.2) is 33.5 Å². The molecule has 0 aromatic heterocycles. The van der Waals surface area contributed by atoms with Crippen LogP contribution in [-0.2, 0) is 4.79 Å². The number of rotatable bonds is 10. The number of carboxylic acid groups (broad SMARTS) is 1. The van der Waals surface area contributed by atoms with Crippen LogP contribution in [0.15, 0.2) is 12.2 Å². The van der Waals surface area contributed by atoms with E-state index in [-0.39, 0.29) is 24.4 Å². The van der Waals surface area contributed by atoms with Crippen LogP contribution in [0.25, 0.3) is 0 Å². The molecular weight excluding hydrogens is 304 g/mol. The molecule has 1 rings (SSSR count). The van der Waals surface area contributed by atoms with E-state index in [1.165, 1.54) is 12.8 Å². The molecule has 3 N–H and O–H groups in total. The van der Waals surface area contributed by atoms with Crippen LogP contribution in [0.1, 0.15) is 71.1 Å². The maximum absolute atomic E-state index is 10.4. The van der Waals surface area contributed by atoms with Crippen LogP contribution in [0.4, 0.5) is 0 Å². The first-order valence-corrected chi connectivity index (χ1v) is 9.26. The van der Waals surface area contributed by atoms with Gasteiger partial charge in [0.25, 0.3) is 0 Å². The number of carbonyl (C=O) groups is 1. The van der Waals surface area contributed by atoms with Gasteiger partial charge in [-0.2, -0.15) is 0 Å². The predicted octanol–water partition coefficient (Wildman–Crippen LogP) is 3.52. The SMILES string of the molecule is CCCCCCC(O)C=CC1CCC(O)C1CC#CCCC(=O)O. The van der Waals surface area contributed by atoms with Crippen LogP contribution in [0.2, 0.25) is 0 Å². The second-order valence-corrected chi connectivity index (χ2v) is 6.73. The lowest BCUT2D eigenvalue weighted by Gasteiger charge is -2.17. The smallest absolute Gasteiger partial charge is 0.304 e. The normalized spacial score (nSPS) is 24.7. The monoisotopic (exact) mass is 336 g/mol. The van der Waals surface area contributed by atoms with Crippen molar-refractivity contribution >= 4 is 5.97 Å². The van der Waals surface area contributed by atoms with Gasteiger partial charge in [-0.15, -0.1) is 11.8 Å². The molecule has 0 bridgehead atoms. The highest BCUT2D eigenvalue weighted by molar-refractivity contribution is 5.66.